The van der Waals surface area contributed by atoms with Crippen molar-refractivity contribution in [3.8, 4) is 11.3 Å². The summed E-state index contributed by atoms with van der Waals surface area (Å²) in [4.78, 5) is 28.4. The molecule has 0 aliphatic rings. The van der Waals surface area contributed by atoms with Crippen molar-refractivity contribution in [2.45, 2.75) is 19.9 Å². The summed E-state index contributed by atoms with van der Waals surface area (Å²) >= 11 is 1.35. The zero-order valence-electron chi connectivity index (χ0n) is 13.1. The average molecular weight is 340 g/mol. The summed E-state index contributed by atoms with van der Waals surface area (Å²) in [5, 5.41) is 9.20. The first-order valence-electron chi connectivity index (χ1n) is 7.58. The van der Waals surface area contributed by atoms with Gasteiger partial charge in [0.15, 0.2) is 5.13 Å². The Morgan fingerprint density at radius 2 is 2.00 bits per heavy atom. The molecule has 1 amide bonds. The van der Waals surface area contributed by atoms with E-state index >= 15 is 0 Å². The standard InChI is InChI=1S/C17H16N4O2S/c1-2-10-21-15(22)9-8-13(20-21)16(23)19-17-18-14(11-24-17)12-6-4-3-5-7-12/h3-9,11H,2,10H2,1H3,(H,18,19,23). The highest BCUT2D eigenvalue weighted by atomic mass is 32.1. The van der Waals surface area contributed by atoms with Crippen LogP contribution in [0.3, 0.4) is 0 Å². The Hall–Kier alpha value is -2.80. The van der Waals surface area contributed by atoms with Gasteiger partial charge in [-0.25, -0.2) is 9.67 Å². The second-order valence-electron chi connectivity index (χ2n) is 5.14. The second kappa shape index (κ2) is 7.18. The molecule has 122 valence electrons. The summed E-state index contributed by atoms with van der Waals surface area (Å²) < 4.78 is 1.30. The summed E-state index contributed by atoms with van der Waals surface area (Å²) in [7, 11) is 0. The van der Waals surface area contributed by atoms with E-state index in [9.17, 15) is 9.59 Å². The normalized spacial score (nSPS) is 10.5. The maximum Gasteiger partial charge on any atom is 0.277 e. The quantitative estimate of drug-likeness (QED) is 0.774. The zero-order chi connectivity index (χ0) is 16.9. The van der Waals surface area contributed by atoms with Crippen LogP contribution in [0.4, 0.5) is 5.13 Å². The number of aromatic nitrogens is 3. The molecule has 0 saturated heterocycles. The Morgan fingerprint density at radius 1 is 1.21 bits per heavy atom. The molecule has 0 radical (unpaired) electrons. The van der Waals surface area contributed by atoms with Crippen molar-refractivity contribution in [3.05, 3.63) is 63.9 Å². The van der Waals surface area contributed by atoms with Gasteiger partial charge in [-0.15, -0.1) is 11.3 Å². The monoisotopic (exact) mass is 340 g/mol. The number of hydrogen-bond acceptors (Lipinski definition) is 5. The molecule has 0 aliphatic carbocycles. The number of nitrogens with zero attached hydrogens (tertiary/aromatic N) is 3. The number of carbonyl (C=O) groups excluding carboxylic acids is 1. The van der Waals surface area contributed by atoms with Crippen LogP contribution in [-0.4, -0.2) is 20.7 Å². The van der Waals surface area contributed by atoms with Gasteiger partial charge < -0.3 is 0 Å². The van der Waals surface area contributed by atoms with Crippen LogP contribution in [0.5, 0.6) is 0 Å². The van der Waals surface area contributed by atoms with Gasteiger partial charge in [-0.3, -0.25) is 14.9 Å². The maximum absolute atomic E-state index is 12.3. The van der Waals surface area contributed by atoms with E-state index in [-0.39, 0.29) is 17.2 Å². The molecule has 2 aromatic heterocycles. The third kappa shape index (κ3) is 3.57. The molecule has 3 rings (SSSR count). The van der Waals surface area contributed by atoms with Crippen LogP contribution in [-0.2, 0) is 6.54 Å². The highest BCUT2D eigenvalue weighted by Crippen LogP contribution is 2.24. The number of carbonyl (C=O) groups is 1. The summed E-state index contributed by atoms with van der Waals surface area (Å²) in [5.41, 5.74) is 1.78. The third-order valence-electron chi connectivity index (χ3n) is 3.33. The number of anilines is 1. The Morgan fingerprint density at radius 3 is 2.75 bits per heavy atom. The van der Waals surface area contributed by atoms with E-state index in [1.54, 1.807) is 0 Å². The van der Waals surface area contributed by atoms with Gasteiger partial charge >= 0.3 is 0 Å². The fourth-order valence-electron chi connectivity index (χ4n) is 2.18. The van der Waals surface area contributed by atoms with Gasteiger partial charge in [0.25, 0.3) is 11.5 Å². The van der Waals surface area contributed by atoms with Crippen LogP contribution < -0.4 is 10.9 Å². The SMILES string of the molecule is CCCn1nc(C(=O)Nc2nc(-c3ccccc3)cs2)ccc1=O. The van der Waals surface area contributed by atoms with Crippen LogP contribution in [0.2, 0.25) is 0 Å². The largest absolute Gasteiger partial charge is 0.296 e. The lowest BCUT2D eigenvalue weighted by Crippen LogP contribution is -2.26. The predicted molar refractivity (Wildman–Crippen MR) is 94.3 cm³/mol. The third-order valence-corrected chi connectivity index (χ3v) is 4.09. The van der Waals surface area contributed by atoms with Crippen LogP contribution >= 0.6 is 11.3 Å². The second-order valence-corrected chi connectivity index (χ2v) is 6.00. The molecule has 0 fully saturated rings. The molecule has 24 heavy (non-hydrogen) atoms. The van der Waals surface area contributed by atoms with E-state index in [0.29, 0.717) is 11.7 Å². The van der Waals surface area contributed by atoms with Gasteiger partial charge in [-0.1, -0.05) is 37.3 Å². The van der Waals surface area contributed by atoms with Gasteiger partial charge in [-0.05, 0) is 12.5 Å². The fourth-order valence-corrected chi connectivity index (χ4v) is 2.89. The molecule has 3 aromatic rings. The molecule has 0 saturated carbocycles. The molecule has 6 nitrogen and oxygen atoms in total. The fraction of sp³-hybridized carbons (Fsp3) is 0.176. The van der Waals surface area contributed by atoms with Crippen LogP contribution in [0.25, 0.3) is 11.3 Å². The van der Waals surface area contributed by atoms with Crippen molar-refractivity contribution in [1.29, 1.82) is 0 Å². The summed E-state index contributed by atoms with van der Waals surface area (Å²) in [6.45, 7) is 2.43. The van der Waals surface area contributed by atoms with E-state index in [1.807, 2.05) is 42.6 Å². The van der Waals surface area contributed by atoms with Gasteiger partial charge in [0, 0.05) is 23.6 Å². The number of hydrogen-bond donors (Lipinski definition) is 1. The van der Waals surface area contributed by atoms with E-state index in [2.05, 4.69) is 15.4 Å². The Balaban J connectivity index is 1.77. The smallest absolute Gasteiger partial charge is 0.277 e. The first kappa shape index (κ1) is 16.1. The summed E-state index contributed by atoms with van der Waals surface area (Å²) in [5.74, 6) is -0.381. The van der Waals surface area contributed by atoms with Gasteiger partial charge in [-0.2, -0.15) is 5.10 Å². The molecular formula is C17H16N4O2S. The topological polar surface area (TPSA) is 76.9 Å². The molecular weight excluding hydrogens is 324 g/mol. The van der Waals surface area contributed by atoms with Crippen LogP contribution in [0.15, 0.2) is 52.6 Å². The Kier molecular flexibility index (Phi) is 4.81. The molecule has 2 heterocycles. The number of amides is 1. The minimum atomic E-state index is -0.381. The van der Waals surface area contributed by atoms with Crippen molar-refractivity contribution in [2.75, 3.05) is 5.32 Å². The summed E-state index contributed by atoms with van der Waals surface area (Å²) in [6.07, 6.45) is 0.769. The van der Waals surface area contributed by atoms with Gasteiger partial charge in [0.05, 0.1) is 5.69 Å². The molecule has 7 heteroatoms. The lowest BCUT2D eigenvalue weighted by Gasteiger charge is -2.05. The van der Waals surface area contributed by atoms with E-state index < -0.39 is 0 Å². The van der Waals surface area contributed by atoms with Gasteiger partial charge in [0.2, 0.25) is 0 Å². The molecule has 0 aliphatic heterocycles. The van der Waals surface area contributed by atoms with Crippen LogP contribution in [0.1, 0.15) is 23.8 Å². The molecule has 0 spiro atoms. The number of rotatable bonds is 5. The molecule has 0 unspecified atom stereocenters. The number of aryl methyl sites for hydroxylation is 1. The molecule has 0 bridgehead atoms. The lowest BCUT2D eigenvalue weighted by molar-refractivity contribution is 0.101. The Bertz CT molecular complexity index is 902. The first-order valence-corrected chi connectivity index (χ1v) is 8.46. The highest BCUT2D eigenvalue weighted by Gasteiger charge is 2.12. The van der Waals surface area contributed by atoms with E-state index in [4.69, 9.17) is 0 Å². The lowest BCUT2D eigenvalue weighted by atomic mass is 10.2. The molecule has 0 atom stereocenters. The minimum Gasteiger partial charge on any atom is -0.296 e. The zero-order valence-corrected chi connectivity index (χ0v) is 13.9. The van der Waals surface area contributed by atoms with Gasteiger partial charge in [0.1, 0.15) is 5.69 Å². The maximum atomic E-state index is 12.3. The highest BCUT2D eigenvalue weighted by molar-refractivity contribution is 7.14. The number of thiazole rings is 1. The first-order chi connectivity index (χ1) is 11.7. The number of nitrogens with one attached hydrogen (secondary N) is 1. The van der Waals surface area contributed by atoms with E-state index in [0.717, 1.165) is 17.7 Å². The van der Waals surface area contributed by atoms with E-state index in [1.165, 1.54) is 28.2 Å². The Labute approximate surface area is 142 Å². The van der Waals surface area contributed by atoms with Crippen LogP contribution in [0, 0.1) is 0 Å². The van der Waals surface area contributed by atoms with Crippen molar-refractivity contribution < 1.29 is 4.79 Å². The van der Waals surface area contributed by atoms with Crippen molar-refractivity contribution in [2.24, 2.45) is 0 Å². The average Bonchev–Trinajstić information content (AvgIpc) is 3.06. The van der Waals surface area contributed by atoms with Crippen molar-refractivity contribution in [3.63, 3.8) is 0 Å². The molecule has 1 N–H and O–H groups in total. The minimum absolute atomic E-state index is 0.194. The summed E-state index contributed by atoms with van der Waals surface area (Å²) in [6, 6.07) is 12.5. The van der Waals surface area contributed by atoms with Crippen molar-refractivity contribution in [1.82, 2.24) is 14.8 Å². The van der Waals surface area contributed by atoms with Crippen molar-refractivity contribution >= 4 is 22.4 Å². The number of benzene rings is 1. The molecule has 1 aromatic carbocycles. The predicted octanol–water partition coefficient (Wildman–Crippen LogP) is 3.03.